The van der Waals surface area contributed by atoms with Crippen LogP contribution in [0.4, 0.5) is 0 Å². The van der Waals surface area contributed by atoms with Crippen molar-refractivity contribution in [3.05, 3.63) is 42.2 Å². The summed E-state index contributed by atoms with van der Waals surface area (Å²) in [6.45, 7) is 0.943. The van der Waals surface area contributed by atoms with Gasteiger partial charge in [0.1, 0.15) is 0 Å². The van der Waals surface area contributed by atoms with Crippen LogP contribution in [-0.2, 0) is 4.74 Å². The van der Waals surface area contributed by atoms with Gasteiger partial charge in [-0.3, -0.25) is 4.98 Å². The minimum atomic E-state index is -0.0256. The van der Waals surface area contributed by atoms with Crippen LogP contribution < -0.4 is 0 Å². The molecular formula is C15H17NO2. The zero-order valence-electron chi connectivity index (χ0n) is 10.2. The third kappa shape index (κ3) is 2.00. The number of hydrogen-bond donors (Lipinski definition) is 1. The van der Waals surface area contributed by atoms with Gasteiger partial charge < -0.3 is 9.84 Å². The van der Waals surface area contributed by atoms with Gasteiger partial charge >= 0.3 is 0 Å². The van der Waals surface area contributed by atoms with Crippen molar-refractivity contribution in [3.8, 4) is 0 Å². The third-order valence-electron chi connectivity index (χ3n) is 3.68. The average molecular weight is 243 g/mol. The van der Waals surface area contributed by atoms with Crippen molar-refractivity contribution in [3.63, 3.8) is 0 Å². The van der Waals surface area contributed by atoms with E-state index in [-0.39, 0.29) is 18.6 Å². The van der Waals surface area contributed by atoms with Crippen molar-refractivity contribution in [2.75, 3.05) is 13.2 Å². The normalized spacial score (nSPS) is 24.3. The predicted molar refractivity (Wildman–Crippen MR) is 70.2 cm³/mol. The van der Waals surface area contributed by atoms with E-state index in [4.69, 9.17) is 4.74 Å². The molecule has 3 rings (SSSR count). The average Bonchev–Trinajstić information content (AvgIpc) is 2.46. The largest absolute Gasteiger partial charge is 0.396 e. The Labute approximate surface area is 106 Å². The summed E-state index contributed by atoms with van der Waals surface area (Å²) in [5.74, 6) is 0.186. The molecule has 3 nitrogen and oxygen atoms in total. The summed E-state index contributed by atoms with van der Waals surface area (Å²) in [5.41, 5.74) is 1.10. The first kappa shape index (κ1) is 11.6. The van der Waals surface area contributed by atoms with Gasteiger partial charge in [0.2, 0.25) is 0 Å². The van der Waals surface area contributed by atoms with Gasteiger partial charge in [-0.1, -0.05) is 24.3 Å². The first-order valence-electron chi connectivity index (χ1n) is 6.45. The van der Waals surface area contributed by atoms with Crippen LogP contribution in [0.5, 0.6) is 0 Å². The van der Waals surface area contributed by atoms with E-state index >= 15 is 0 Å². The summed E-state index contributed by atoms with van der Waals surface area (Å²) < 4.78 is 5.88. The second-order valence-corrected chi connectivity index (χ2v) is 4.83. The summed E-state index contributed by atoms with van der Waals surface area (Å²) in [6, 6.07) is 8.20. The Bertz CT molecular complexity index is 536. The molecule has 2 aromatic rings. The number of rotatable bonds is 2. The Morgan fingerprint density at radius 2 is 2.17 bits per heavy atom. The molecule has 1 aromatic heterocycles. The Morgan fingerprint density at radius 3 is 3.06 bits per heavy atom. The third-order valence-corrected chi connectivity index (χ3v) is 3.68. The minimum Gasteiger partial charge on any atom is -0.396 e. The zero-order valence-corrected chi connectivity index (χ0v) is 10.2. The van der Waals surface area contributed by atoms with E-state index in [1.807, 2.05) is 24.5 Å². The molecule has 1 aliphatic rings. The molecule has 1 saturated heterocycles. The van der Waals surface area contributed by atoms with Crippen molar-refractivity contribution in [1.29, 1.82) is 0 Å². The van der Waals surface area contributed by atoms with E-state index in [1.165, 1.54) is 5.39 Å². The van der Waals surface area contributed by atoms with Crippen molar-refractivity contribution in [2.45, 2.75) is 18.9 Å². The minimum absolute atomic E-state index is 0.0256. The molecule has 2 unspecified atom stereocenters. The summed E-state index contributed by atoms with van der Waals surface area (Å²) in [7, 11) is 0. The van der Waals surface area contributed by atoms with Crippen LogP contribution >= 0.6 is 0 Å². The summed E-state index contributed by atoms with van der Waals surface area (Å²) in [5, 5.41) is 11.8. The number of ether oxygens (including phenoxy) is 1. The van der Waals surface area contributed by atoms with E-state index in [2.05, 4.69) is 17.1 Å². The highest BCUT2D eigenvalue weighted by Crippen LogP contribution is 2.36. The SMILES string of the molecule is OCC1CCCOC1c1cncc2ccccc12. The van der Waals surface area contributed by atoms with E-state index < -0.39 is 0 Å². The van der Waals surface area contributed by atoms with Crippen LogP contribution in [-0.4, -0.2) is 23.3 Å². The van der Waals surface area contributed by atoms with E-state index in [1.54, 1.807) is 0 Å². The second-order valence-electron chi connectivity index (χ2n) is 4.83. The molecule has 0 radical (unpaired) electrons. The van der Waals surface area contributed by atoms with Crippen LogP contribution in [0.3, 0.4) is 0 Å². The number of aliphatic hydroxyl groups excluding tert-OH is 1. The molecule has 0 saturated carbocycles. The summed E-state index contributed by atoms with van der Waals surface area (Å²) in [6.07, 6.45) is 5.77. The molecule has 3 heteroatoms. The molecule has 1 fully saturated rings. The lowest BCUT2D eigenvalue weighted by Gasteiger charge is -2.31. The molecule has 0 aliphatic carbocycles. The Hall–Kier alpha value is -1.45. The highest BCUT2D eigenvalue weighted by Gasteiger charge is 2.28. The van der Waals surface area contributed by atoms with Gasteiger partial charge in [0.25, 0.3) is 0 Å². The van der Waals surface area contributed by atoms with Crippen molar-refractivity contribution < 1.29 is 9.84 Å². The molecular weight excluding hydrogens is 226 g/mol. The van der Waals surface area contributed by atoms with Crippen LogP contribution in [0, 0.1) is 5.92 Å². The molecule has 1 aliphatic heterocycles. The lowest BCUT2D eigenvalue weighted by atomic mass is 9.89. The van der Waals surface area contributed by atoms with Crippen molar-refractivity contribution in [1.82, 2.24) is 4.98 Å². The van der Waals surface area contributed by atoms with Gasteiger partial charge in [0.15, 0.2) is 0 Å². The van der Waals surface area contributed by atoms with Gasteiger partial charge in [-0.05, 0) is 18.2 Å². The fourth-order valence-corrected chi connectivity index (χ4v) is 2.74. The van der Waals surface area contributed by atoms with E-state index in [0.29, 0.717) is 0 Å². The van der Waals surface area contributed by atoms with Crippen molar-refractivity contribution in [2.24, 2.45) is 5.92 Å². The Kier molecular flexibility index (Phi) is 3.26. The van der Waals surface area contributed by atoms with Gasteiger partial charge in [-0.2, -0.15) is 0 Å². The smallest absolute Gasteiger partial charge is 0.0895 e. The molecule has 2 heterocycles. The van der Waals surface area contributed by atoms with Crippen LogP contribution in [0.15, 0.2) is 36.7 Å². The van der Waals surface area contributed by atoms with Crippen molar-refractivity contribution >= 4 is 10.8 Å². The maximum Gasteiger partial charge on any atom is 0.0895 e. The highest BCUT2D eigenvalue weighted by molar-refractivity contribution is 5.84. The lowest BCUT2D eigenvalue weighted by molar-refractivity contribution is -0.0450. The first-order chi connectivity index (χ1) is 8.90. The summed E-state index contributed by atoms with van der Waals surface area (Å²) >= 11 is 0. The number of benzene rings is 1. The zero-order chi connectivity index (χ0) is 12.4. The number of fused-ring (bicyclic) bond motifs is 1. The number of pyridine rings is 1. The number of aromatic nitrogens is 1. The van der Waals surface area contributed by atoms with E-state index in [9.17, 15) is 5.11 Å². The van der Waals surface area contributed by atoms with Crippen LogP contribution in [0.1, 0.15) is 24.5 Å². The molecule has 1 aromatic carbocycles. The number of aliphatic hydroxyl groups is 1. The predicted octanol–water partition coefficient (Wildman–Crippen LogP) is 2.69. The monoisotopic (exact) mass is 243 g/mol. The van der Waals surface area contributed by atoms with Gasteiger partial charge in [0, 0.05) is 42.5 Å². The standard InChI is InChI=1S/C15H17NO2/c17-10-12-5-3-7-18-15(12)14-9-16-8-11-4-1-2-6-13(11)14/h1-2,4,6,8-9,12,15,17H,3,5,7,10H2. The number of nitrogens with zero attached hydrogens (tertiary/aromatic N) is 1. The van der Waals surface area contributed by atoms with Crippen LogP contribution in [0.25, 0.3) is 10.8 Å². The molecule has 1 N–H and O–H groups in total. The van der Waals surface area contributed by atoms with Gasteiger partial charge in [0.05, 0.1) is 6.10 Å². The maximum absolute atomic E-state index is 9.49. The van der Waals surface area contributed by atoms with Gasteiger partial charge in [-0.25, -0.2) is 0 Å². The molecule has 94 valence electrons. The maximum atomic E-state index is 9.49. The Morgan fingerprint density at radius 1 is 1.28 bits per heavy atom. The molecule has 0 bridgehead atoms. The molecule has 18 heavy (non-hydrogen) atoms. The fourth-order valence-electron chi connectivity index (χ4n) is 2.74. The summed E-state index contributed by atoms with van der Waals surface area (Å²) in [4.78, 5) is 4.30. The fraction of sp³-hybridized carbons (Fsp3) is 0.400. The first-order valence-corrected chi connectivity index (χ1v) is 6.45. The quantitative estimate of drug-likeness (QED) is 0.881. The Balaban J connectivity index is 2.07. The highest BCUT2D eigenvalue weighted by atomic mass is 16.5. The second kappa shape index (κ2) is 5.04. The molecule has 0 amide bonds. The van der Waals surface area contributed by atoms with E-state index in [0.717, 1.165) is 30.4 Å². The molecule has 0 spiro atoms. The van der Waals surface area contributed by atoms with Crippen LogP contribution in [0.2, 0.25) is 0 Å². The number of hydrogen-bond acceptors (Lipinski definition) is 3. The van der Waals surface area contributed by atoms with Gasteiger partial charge in [-0.15, -0.1) is 0 Å². The topological polar surface area (TPSA) is 42.4 Å². The molecule has 2 atom stereocenters. The lowest BCUT2D eigenvalue weighted by Crippen LogP contribution is -2.25.